The summed E-state index contributed by atoms with van der Waals surface area (Å²) in [6, 6.07) is 14.2. The number of benzene rings is 2. The van der Waals surface area contributed by atoms with E-state index < -0.39 is 0 Å². The number of hydrogen-bond donors (Lipinski definition) is 1. The van der Waals surface area contributed by atoms with E-state index in [1.165, 1.54) is 16.7 Å². The molecule has 0 heterocycles. The minimum Gasteiger partial charge on any atom is -0.352 e. The van der Waals surface area contributed by atoms with Gasteiger partial charge < -0.3 is 5.32 Å². The van der Waals surface area contributed by atoms with Crippen molar-refractivity contribution < 1.29 is 4.79 Å². The van der Waals surface area contributed by atoms with Crippen LogP contribution >= 0.6 is 22.6 Å². The minimum absolute atomic E-state index is 0.0145. The molecule has 0 spiro atoms. The summed E-state index contributed by atoms with van der Waals surface area (Å²) in [6.07, 6.45) is 1.96. The van der Waals surface area contributed by atoms with Crippen LogP contribution in [0.3, 0.4) is 0 Å². The zero-order valence-corrected chi connectivity index (χ0v) is 14.6. The topological polar surface area (TPSA) is 29.1 Å². The molecular weight excluding hydrogens is 373 g/mol. The van der Waals surface area contributed by atoms with Gasteiger partial charge in [0.25, 0.3) is 5.91 Å². The molecule has 0 aliphatic rings. The van der Waals surface area contributed by atoms with E-state index >= 15 is 0 Å². The highest BCUT2D eigenvalue weighted by atomic mass is 127. The molecule has 2 aromatic rings. The van der Waals surface area contributed by atoms with Crippen LogP contribution in [-0.4, -0.2) is 12.5 Å². The Kier molecular flexibility index (Phi) is 5.79. The van der Waals surface area contributed by atoms with Crippen molar-refractivity contribution in [3.8, 4) is 0 Å². The van der Waals surface area contributed by atoms with Crippen LogP contribution in [0.4, 0.5) is 0 Å². The van der Waals surface area contributed by atoms with Crippen molar-refractivity contribution in [2.75, 3.05) is 6.54 Å². The molecule has 0 saturated heterocycles. The Bertz CT molecular complexity index is 637. The van der Waals surface area contributed by atoms with E-state index in [0.29, 0.717) is 6.54 Å². The van der Waals surface area contributed by atoms with Crippen LogP contribution in [-0.2, 0) is 6.42 Å². The minimum atomic E-state index is 0.0145. The van der Waals surface area contributed by atoms with E-state index in [-0.39, 0.29) is 5.91 Å². The normalized spacial score (nSPS) is 10.4. The van der Waals surface area contributed by atoms with Crippen molar-refractivity contribution in [3.05, 3.63) is 68.3 Å². The first-order chi connectivity index (χ1) is 10.1. The predicted molar refractivity (Wildman–Crippen MR) is 95.7 cm³/mol. The second-order valence-electron chi connectivity index (χ2n) is 5.27. The third kappa shape index (κ3) is 4.56. The Morgan fingerprint density at radius 2 is 1.90 bits per heavy atom. The average molecular weight is 393 g/mol. The summed E-state index contributed by atoms with van der Waals surface area (Å²) in [6.45, 7) is 4.96. The fourth-order valence-corrected chi connectivity index (χ4v) is 2.98. The first-order valence-electron chi connectivity index (χ1n) is 7.17. The fourth-order valence-electron chi connectivity index (χ4n) is 2.35. The second-order valence-corrected chi connectivity index (χ2v) is 6.43. The molecule has 0 aromatic heterocycles. The lowest BCUT2D eigenvalue weighted by Gasteiger charge is -2.09. The van der Waals surface area contributed by atoms with Crippen LogP contribution in [0.1, 0.15) is 33.5 Å². The molecule has 2 rings (SSSR count). The molecule has 0 bridgehead atoms. The monoisotopic (exact) mass is 393 g/mol. The summed E-state index contributed by atoms with van der Waals surface area (Å²) in [7, 11) is 0. The van der Waals surface area contributed by atoms with E-state index in [2.05, 4.69) is 60.0 Å². The number of carbonyl (C=O) groups is 1. The first kappa shape index (κ1) is 16.0. The number of rotatable bonds is 5. The summed E-state index contributed by atoms with van der Waals surface area (Å²) < 4.78 is 0.988. The number of halogens is 1. The van der Waals surface area contributed by atoms with Crippen molar-refractivity contribution in [1.29, 1.82) is 0 Å². The average Bonchev–Trinajstić information content (AvgIpc) is 2.45. The van der Waals surface area contributed by atoms with Crippen LogP contribution in [0.5, 0.6) is 0 Å². The van der Waals surface area contributed by atoms with Gasteiger partial charge in [0.05, 0.1) is 5.56 Å². The predicted octanol–water partition coefficient (Wildman–Crippen LogP) is 4.27. The SMILES string of the molecule is Cc1ccc(CCCNC(=O)c2ccccc2I)c(C)c1. The van der Waals surface area contributed by atoms with E-state index in [0.717, 1.165) is 22.0 Å². The van der Waals surface area contributed by atoms with Gasteiger partial charge in [-0.05, 0) is 72.5 Å². The Morgan fingerprint density at radius 3 is 2.62 bits per heavy atom. The zero-order valence-electron chi connectivity index (χ0n) is 12.4. The Balaban J connectivity index is 1.82. The largest absolute Gasteiger partial charge is 0.352 e. The highest BCUT2D eigenvalue weighted by molar-refractivity contribution is 14.1. The van der Waals surface area contributed by atoms with Crippen molar-refractivity contribution in [2.45, 2.75) is 26.7 Å². The third-order valence-corrected chi connectivity index (χ3v) is 4.47. The third-order valence-electron chi connectivity index (χ3n) is 3.53. The molecule has 0 fully saturated rings. The summed E-state index contributed by atoms with van der Waals surface area (Å²) in [5.74, 6) is 0.0145. The summed E-state index contributed by atoms with van der Waals surface area (Å²) in [5.41, 5.74) is 4.75. The van der Waals surface area contributed by atoms with Crippen LogP contribution < -0.4 is 5.32 Å². The molecule has 0 unspecified atom stereocenters. The molecule has 3 heteroatoms. The molecular formula is C18H20INO. The summed E-state index contributed by atoms with van der Waals surface area (Å²) >= 11 is 2.19. The van der Waals surface area contributed by atoms with E-state index in [9.17, 15) is 4.79 Å². The van der Waals surface area contributed by atoms with Crippen molar-refractivity contribution in [2.24, 2.45) is 0 Å². The van der Waals surface area contributed by atoms with Gasteiger partial charge in [0.1, 0.15) is 0 Å². The smallest absolute Gasteiger partial charge is 0.252 e. The Morgan fingerprint density at radius 1 is 1.14 bits per heavy atom. The van der Waals surface area contributed by atoms with Crippen molar-refractivity contribution in [3.63, 3.8) is 0 Å². The van der Waals surface area contributed by atoms with E-state index in [4.69, 9.17) is 0 Å². The Hall–Kier alpha value is -1.36. The van der Waals surface area contributed by atoms with Crippen molar-refractivity contribution >= 4 is 28.5 Å². The lowest BCUT2D eigenvalue weighted by atomic mass is 10.0. The maximum Gasteiger partial charge on any atom is 0.252 e. The number of nitrogens with one attached hydrogen (secondary N) is 1. The molecule has 1 amide bonds. The molecule has 0 saturated carbocycles. The van der Waals surface area contributed by atoms with Gasteiger partial charge in [-0.1, -0.05) is 35.9 Å². The highest BCUT2D eigenvalue weighted by Crippen LogP contribution is 2.13. The van der Waals surface area contributed by atoms with Gasteiger partial charge in [-0.3, -0.25) is 4.79 Å². The summed E-state index contributed by atoms with van der Waals surface area (Å²) in [4.78, 5) is 12.1. The highest BCUT2D eigenvalue weighted by Gasteiger charge is 2.08. The van der Waals surface area contributed by atoms with Gasteiger partial charge in [0.2, 0.25) is 0 Å². The number of carbonyl (C=O) groups excluding carboxylic acids is 1. The molecule has 2 nitrogen and oxygen atoms in total. The number of hydrogen-bond acceptors (Lipinski definition) is 1. The van der Waals surface area contributed by atoms with Gasteiger partial charge in [0.15, 0.2) is 0 Å². The molecule has 110 valence electrons. The molecule has 21 heavy (non-hydrogen) atoms. The van der Waals surface area contributed by atoms with Gasteiger partial charge in [0, 0.05) is 10.1 Å². The quantitative estimate of drug-likeness (QED) is 0.597. The zero-order chi connectivity index (χ0) is 15.2. The number of aryl methyl sites for hydroxylation is 3. The van der Waals surface area contributed by atoms with Gasteiger partial charge in [-0.25, -0.2) is 0 Å². The lowest BCUT2D eigenvalue weighted by Crippen LogP contribution is -2.25. The molecule has 0 aliphatic heterocycles. The van der Waals surface area contributed by atoms with Gasteiger partial charge >= 0.3 is 0 Å². The van der Waals surface area contributed by atoms with Crippen LogP contribution in [0.25, 0.3) is 0 Å². The van der Waals surface area contributed by atoms with Crippen LogP contribution in [0, 0.1) is 17.4 Å². The Labute approximate surface area is 140 Å². The van der Waals surface area contributed by atoms with Gasteiger partial charge in [-0.2, -0.15) is 0 Å². The van der Waals surface area contributed by atoms with Crippen LogP contribution in [0.15, 0.2) is 42.5 Å². The maximum atomic E-state index is 12.1. The summed E-state index contributed by atoms with van der Waals surface area (Å²) in [5, 5.41) is 3.00. The lowest BCUT2D eigenvalue weighted by molar-refractivity contribution is 0.0952. The number of amides is 1. The molecule has 0 atom stereocenters. The molecule has 2 aromatic carbocycles. The van der Waals surface area contributed by atoms with Crippen molar-refractivity contribution in [1.82, 2.24) is 5.32 Å². The molecule has 0 aliphatic carbocycles. The maximum absolute atomic E-state index is 12.1. The van der Waals surface area contributed by atoms with E-state index in [1.807, 2.05) is 24.3 Å². The second kappa shape index (κ2) is 7.59. The van der Waals surface area contributed by atoms with Crippen LogP contribution in [0.2, 0.25) is 0 Å². The molecule has 0 radical (unpaired) electrons. The fraction of sp³-hybridized carbons (Fsp3) is 0.278. The van der Waals surface area contributed by atoms with Gasteiger partial charge in [-0.15, -0.1) is 0 Å². The van der Waals surface area contributed by atoms with E-state index in [1.54, 1.807) is 0 Å². The molecule has 1 N–H and O–H groups in total. The first-order valence-corrected chi connectivity index (χ1v) is 8.24. The standard InChI is InChI=1S/C18H20INO/c1-13-9-10-15(14(2)12-13)6-5-11-20-18(21)16-7-3-4-8-17(16)19/h3-4,7-10,12H,5-6,11H2,1-2H3,(H,20,21).